The lowest BCUT2D eigenvalue weighted by Crippen LogP contribution is -2.40. The van der Waals surface area contributed by atoms with Gasteiger partial charge in [-0.05, 0) is 36.8 Å². The fraction of sp³-hybridized carbons (Fsp3) is 0.350. The highest BCUT2D eigenvalue weighted by Gasteiger charge is 2.25. The zero-order valence-electron chi connectivity index (χ0n) is 14.4. The lowest BCUT2D eigenvalue weighted by atomic mass is 9.90. The highest BCUT2D eigenvalue weighted by molar-refractivity contribution is 5.93. The summed E-state index contributed by atoms with van der Waals surface area (Å²) in [5.74, 6) is 0.566. The molecule has 1 aliphatic rings. The van der Waals surface area contributed by atoms with Gasteiger partial charge in [0, 0.05) is 37.9 Å². The van der Waals surface area contributed by atoms with Crippen LogP contribution >= 0.6 is 0 Å². The van der Waals surface area contributed by atoms with Gasteiger partial charge in [-0.2, -0.15) is 5.10 Å². The number of amides is 1. The molecule has 1 fully saturated rings. The van der Waals surface area contributed by atoms with Gasteiger partial charge in [-0.3, -0.25) is 14.5 Å². The van der Waals surface area contributed by atoms with Crippen LogP contribution in [0.25, 0.3) is 10.9 Å². The Morgan fingerprint density at radius 3 is 3.00 bits per heavy atom. The number of para-hydroxylation sites is 1. The lowest BCUT2D eigenvalue weighted by Gasteiger charge is -2.32. The molecular weight excluding hydrogens is 312 g/mol. The summed E-state index contributed by atoms with van der Waals surface area (Å²) in [5, 5.41) is 5.29. The first-order valence-corrected chi connectivity index (χ1v) is 8.81. The third-order valence-electron chi connectivity index (χ3n) is 4.98. The molecule has 1 aromatic carbocycles. The van der Waals surface area contributed by atoms with E-state index in [4.69, 9.17) is 0 Å². The first kappa shape index (κ1) is 15.8. The maximum Gasteiger partial charge on any atom is 0.257 e. The molecule has 1 unspecified atom stereocenters. The number of fused-ring (bicyclic) bond motifs is 1. The molecule has 1 saturated heterocycles. The SMILES string of the molecule is Cn1cc(C(=O)N2CCCC(Cc3cccc4cccnc34)C2)cn1. The number of hydrogen-bond acceptors (Lipinski definition) is 3. The minimum absolute atomic E-state index is 0.0915. The van der Waals surface area contributed by atoms with Crippen LogP contribution in [0, 0.1) is 5.92 Å². The van der Waals surface area contributed by atoms with Crippen molar-refractivity contribution in [2.75, 3.05) is 13.1 Å². The zero-order chi connectivity index (χ0) is 17.2. The smallest absolute Gasteiger partial charge is 0.257 e. The Bertz CT molecular complexity index is 896. The van der Waals surface area contributed by atoms with Crippen molar-refractivity contribution in [2.45, 2.75) is 19.3 Å². The second-order valence-electron chi connectivity index (χ2n) is 6.86. The Morgan fingerprint density at radius 1 is 1.28 bits per heavy atom. The van der Waals surface area contributed by atoms with E-state index in [0.29, 0.717) is 11.5 Å². The summed E-state index contributed by atoms with van der Waals surface area (Å²) in [6.45, 7) is 1.63. The number of likely N-dealkylation sites (tertiary alicyclic amines) is 1. The van der Waals surface area contributed by atoms with Crippen LogP contribution in [0.3, 0.4) is 0 Å². The number of piperidine rings is 1. The molecule has 0 spiro atoms. The predicted octanol–water partition coefficient (Wildman–Crippen LogP) is 3.06. The van der Waals surface area contributed by atoms with E-state index in [1.807, 2.05) is 24.2 Å². The molecule has 5 nitrogen and oxygen atoms in total. The van der Waals surface area contributed by atoms with Crippen molar-refractivity contribution in [2.24, 2.45) is 13.0 Å². The van der Waals surface area contributed by atoms with Gasteiger partial charge in [-0.15, -0.1) is 0 Å². The summed E-state index contributed by atoms with van der Waals surface area (Å²) < 4.78 is 1.68. The van der Waals surface area contributed by atoms with E-state index in [9.17, 15) is 4.79 Å². The van der Waals surface area contributed by atoms with E-state index in [1.165, 1.54) is 10.9 Å². The van der Waals surface area contributed by atoms with Crippen molar-refractivity contribution in [1.82, 2.24) is 19.7 Å². The topological polar surface area (TPSA) is 51.0 Å². The highest BCUT2D eigenvalue weighted by Crippen LogP contribution is 2.25. The molecule has 0 saturated carbocycles. The molecule has 3 aromatic rings. The first-order chi connectivity index (χ1) is 12.2. The summed E-state index contributed by atoms with van der Waals surface area (Å²) in [6.07, 6.45) is 8.46. The molecule has 0 N–H and O–H groups in total. The second-order valence-corrected chi connectivity index (χ2v) is 6.86. The quantitative estimate of drug-likeness (QED) is 0.740. The molecule has 1 amide bonds. The average molecular weight is 334 g/mol. The minimum Gasteiger partial charge on any atom is -0.338 e. The fourth-order valence-electron chi connectivity index (χ4n) is 3.77. The van der Waals surface area contributed by atoms with Gasteiger partial charge in [0.15, 0.2) is 0 Å². The van der Waals surface area contributed by atoms with Crippen molar-refractivity contribution in [3.63, 3.8) is 0 Å². The Kier molecular flexibility index (Phi) is 4.22. The summed E-state index contributed by atoms with van der Waals surface area (Å²) in [6, 6.07) is 10.4. The lowest BCUT2D eigenvalue weighted by molar-refractivity contribution is 0.0673. The molecule has 3 heterocycles. The third kappa shape index (κ3) is 3.27. The monoisotopic (exact) mass is 334 g/mol. The van der Waals surface area contributed by atoms with Crippen LogP contribution in [0.2, 0.25) is 0 Å². The molecule has 1 atom stereocenters. The van der Waals surface area contributed by atoms with Gasteiger partial charge >= 0.3 is 0 Å². The van der Waals surface area contributed by atoms with Crippen molar-refractivity contribution < 1.29 is 4.79 Å². The summed E-state index contributed by atoms with van der Waals surface area (Å²) in [4.78, 5) is 19.2. The third-order valence-corrected chi connectivity index (χ3v) is 4.98. The van der Waals surface area contributed by atoms with E-state index in [0.717, 1.165) is 37.9 Å². The number of carbonyl (C=O) groups is 1. The van der Waals surface area contributed by atoms with E-state index in [-0.39, 0.29) is 5.91 Å². The largest absolute Gasteiger partial charge is 0.338 e. The number of pyridine rings is 1. The summed E-state index contributed by atoms with van der Waals surface area (Å²) >= 11 is 0. The molecule has 0 radical (unpaired) electrons. The van der Waals surface area contributed by atoms with Crippen LogP contribution in [0.1, 0.15) is 28.8 Å². The average Bonchev–Trinajstić information content (AvgIpc) is 3.08. The molecule has 0 aliphatic carbocycles. The predicted molar refractivity (Wildman–Crippen MR) is 97.3 cm³/mol. The molecule has 0 bridgehead atoms. The zero-order valence-corrected chi connectivity index (χ0v) is 14.4. The maximum absolute atomic E-state index is 12.7. The number of hydrogen-bond donors (Lipinski definition) is 0. The number of rotatable bonds is 3. The minimum atomic E-state index is 0.0915. The van der Waals surface area contributed by atoms with Crippen LogP contribution in [0.4, 0.5) is 0 Å². The number of nitrogens with zero attached hydrogens (tertiary/aromatic N) is 4. The van der Waals surface area contributed by atoms with E-state index < -0.39 is 0 Å². The van der Waals surface area contributed by atoms with Crippen LogP contribution in [-0.4, -0.2) is 38.7 Å². The number of aryl methyl sites for hydroxylation is 1. The Balaban J connectivity index is 1.50. The van der Waals surface area contributed by atoms with Crippen molar-refractivity contribution in [1.29, 1.82) is 0 Å². The highest BCUT2D eigenvalue weighted by atomic mass is 16.2. The number of aromatic nitrogens is 3. The maximum atomic E-state index is 12.7. The number of carbonyl (C=O) groups excluding carboxylic acids is 1. The van der Waals surface area contributed by atoms with Gasteiger partial charge in [-0.25, -0.2) is 0 Å². The molecule has 4 rings (SSSR count). The van der Waals surface area contributed by atoms with E-state index >= 15 is 0 Å². The van der Waals surface area contributed by atoms with Crippen LogP contribution < -0.4 is 0 Å². The van der Waals surface area contributed by atoms with E-state index in [2.05, 4.69) is 34.3 Å². The van der Waals surface area contributed by atoms with Crippen molar-refractivity contribution >= 4 is 16.8 Å². The van der Waals surface area contributed by atoms with Crippen LogP contribution in [0.15, 0.2) is 48.9 Å². The van der Waals surface area contributed by atoms with Gasteiger partial charge in [0.25, 0.3) is 5.91 Å². The molecule has 5 heteroatoms. The molecule has 2 aromatic heterocycles. The normalized spacial score (nSPS) is 17.8. The second kappa shape index (κ2) is 6.67. The van der Waals surface area contributed by atoms with Gasteiger partial charge < -0.3 is 4.90 Å². The van der Waals surface area contributed by atoms with Gasteiger partial charge in [-0.1, -0.05) is 24.3 Å². The standard InChI is InChI=1S/C20H22N4O/c1-23-14-18(12-22-23)20(25)24-10-4-5-15(13-24)11-17-7-2-6-16-8-3-9-21-19(16)17/h2-3,6-9,12,14-15H,4-5,10-11,13H2,1H3. The molecular formula is C20H22N4O. The van der Waals surface area contributed by atoms with Crippen LogP contribution in [0.5, 0.6) is 0 Å². The summed E-state index contributed by atoms with van der Waals surface area (Å²) in [5.41, 5.74) is 3.04. The van der Waals surface area contributed by atoms with Gasteiger partial charge in [0.1, 0.15) is 0 Å². The van der Waals surface area contributed by atoms with Crippen molar-refractivity contribution in [3.05, 3.63) is 60.0 Å². The molecule has 25 heavy (non-hydrogen) atoms. The molecule has 1 aliphatic heterocycles. The van der Waals surface area contributed by atoms with Crippen molar-refractivity contribution in [3.8, 4) is 0 Å². The Hall–Kier alpha value is -2.69. The summed E-state index contributed by atoms with van der Waals surface area (Å²) in [7, 11) is 1.84. The van der Waals surface area contributed by atoms with E-state index in [1.54, 1.807) is 17.1 Å². The van der Waals surface area contributed by atoms with Gasteiger partial charge in [0.05, 0.1) is 17.3 Å². The van der Waals surface area contributed by atoms with Gasteiger partial charge in [0.2, 0.25) is 0 Å². The Labute approximate surface area is 147 Å². The first-order valence-electron chi connectivity index (χ1n) is 8.81. The molecule has 128 valence electrons. The van der Waals surface area contributed by atoms with Crippen LogP contribution in [-0.2, 0) is 13.5 Å². The number of benzene rings is 1. The Morgan fingerprint density at radius 2 is 2.16 bits per heavy atom. The fourth-order valence-corrected chi connectivity index (χ4v) is 3.77.